The zero-order valence-corrected chi connectivity index (χ0v) is 46.7. The van der Waals surface area contributed by atoms with Gasteiger partial charge >= 0.3 is 0 Å². The topological polar surface area (TPSA) is 22.8 Å². The van der Waals surface area contributed by atoms with E-state index >= 15 is 0 Å². The zero-order chi connectivity index (χ0) is 56.1. The first kappa shape index (κ1) is 47.3. The molecule has 0 atom stereocenters. The van der Waals surface area contributed by atoms with E-state index in [1.54, 1.807) is 0 Å². The molecule has 0 radical (unpaired) electrons. The largest absolute Gasteiger partial charge is 0.311 e. The van der Waals surface area contributed by atoms with Crippen LogP contribution in [0.1, 0.15) is 0 Å². The predicted octanol–water partition coefficient (Wildman–Crippen LogP) is 16.0. The maximum absolute atomic E-state index is 2.66. The van der Waals surface area contributed by atoms with Crippen molar-refractivity contribution in [1.82, 2.24) is 9.13 Å². The first-order chi connectivity index (χ1) is 42.8. The van der Waals surface area contributed by atoms with Crippen molar-refractivity contribution >= 4 is 158 Å². The Balaban J connectivity index is 1.00. The fourth-order valence-electron chi connectivity index (χ4n) is 15.5. The molecule has 6 heterocycles. The van der Waals surface area contributed by atoms with Crippen LogP contribution in [-0.4, -0.2) is 22.6 Å². The Kier molecular flexibility index (Phi) is 9.98. The lowest BCUT2D eigenvalue weighted by Crippen LogP contribution is -2.65. The summed E-state index contributed by atoms with van der Waals surface area (Å²) in [6.45, 7) is -0.312. The van der Waals surface area contributed by atoms with Crippen LogP contribution < -0.4 is 52.4 Å². The zero-order valence-electron chi connectivity index (χ0n) is 46.7. The van der Waals surface area contributed by atoms with Crippen LogP contribution in [0.5, 0.6) is 0 Å². The van der Waals surface area contributed by atoms with E-state index in [0.29, 0.717) is 0 Å². The molecule has 0 fully saturated rings. The second kappa shape index (κ2) is 18.1. The van der Waals surface area contributed by atoms with Gasteiger partial charge in [-0.1, -0.05) is 188 Å². The fraction of sp³-hybridized carbons (Fsp3) is 0. The third kappa shape index (κ3) is 6.47. The van der Waals surface area contributed by atoms with Crippen molar-refractivity contribution in [1.29, 1.82) is 0 Å². The highest BCUT2D eigenvalue weighted by atomic mass is 15.2. The standard InChI is InChI=1S/C78H50B2N6/c1-7-27-51(28-8-1)81-63-43-23-19-39-57(63)73-69(81)49-71-75-77(73)85(55-35-15-5-16-36-55)67-48-68-62(47-61(67)79(75)59-41-21-25-45-65(59)83(71)53-31-11-3-12-32-53)80-60-42-22-26-46-66(60)84(54-33-13-4-14-34-54)72-50-70-74(78(76(72)80)86(68)56-37-17-6-18-38-56)58-40-20-24-44-64(58)82(70)52-29-9-2-10-30-52/h1-50H. The number of aromatic nitrogens is 2. The second-order valence-corrected chi connectivity index (χ2v) is 23.1. The summed E-state index contributed by atoms with van der Waals surface area (Å²) in [7, 11) is 0. The summed E-state index contributed by atoms with van der Waals surface area (Å²) < 4.78 is 4.99. The van der Waals surface area contributed by atoms with Crippen LogP contribution in [0.15, 0.2) is 303 Å². The molecule has 0 aliphatic carbocycles. The minimum absolute atomic E-state index is 0.156. The first-order valence-electron chi connectivity index (χ1n) is 29.8. The molecule has 86 heavy (non-hydrogen) atoms. The second-order valence-electron chi connectivity index (χ2n) is 23.1. The summed E-state index contributed by atoms with van der Waals surface area (Å²) in [4.78, 5) is 10.4. The molecule has 13 aromatic carbocycles. The van der Waals surface area contributed by atoms with E-state index in [-0.39, 0.29) is 13.4 Å². The Bertz CT molecular complexity index is 4940. The van der Waals surface area contributed by atoms with Gasteiger partial charge in [-0.2, -0.15) is 0 Å². The van der Waals surface area contributed by atoms with Gasteiger partial charge in [0.2, 0.25) is 0 Å². The van der Waals surface area contributed by atoms with E-state index in [1.807, 2.05) is 0 Å². The highest BCUT2D eigenvalue weighted by Gasteiger charge is 2.50. The predicted molar refractivity (Wildman–Crippen MR) is 363 cm³/mol. The van der Waals surface area contributed by atoms with E-state index in [0.717, 1.165) is 56.5 Å². The van der Waals surface area contributed by atoms with Crippen molar-refractivity contribution < 1.29 is 0 Å². The molecule has 0 spiro atoms. The third-order valence-corrected chi connectivity index (χ3v) is 18.8. The molecule has 0 saturated heterocycles. The summed E-state index contributed by atoms with van der Waals surface area (Å²) in [6, 6.07) is 113. The van der Waals surface area contributed by atoms with Crippen LogP contribution in [0.25, 0.3) is 55.0 Å². The van der Waals surface area contributed by atoms with E-state index in [2.05, 4.69) is 332 Å². The number of hydrogen-bond acceptors (Lipinski definition) is 4. The van der Waals surface area contributed by atoms with Gasteiger partial charge in [0.1, 0.15) is 0 Å². The molecule has 19 rings (SSSR count). The van der Waals surface area contributed by atoms with Gasteiger partial charge in [-0.15, -0.1) is 0 Å². The Labute approximate surface area is 498 Å². The average Bonchev–Trinajstić information content (AvgIpc) is 1.16. The van der Waals surface area contributed by atoms with Gasteiger partial charge in [0.15, 0.2) is 0 Å². The molecule has 4 aliphatic rings. The SMILES string of the molecule is c1ccc(N2c3ccccc3B3c4cc5c(cc4N(c4ccccc4)c4c3c2cc2c4c3ccccc3n2-c2ccccc2)N(c2ccccc2)c2c3c(cc4c2c2ccccc2n4-c2ccccc2)N(c2ccccc2)c2ccccc2B53)cc1. The lowest BCUT2D eigenvalue weighted by atomic mass is 9.30. The van der Waals surface area contributed by atoms with Gasteiger partial charge in [-0.05, 0) is 148 Å². The summed E-state index contributed by atoms with van der Waals surface area (Å²) >= 11 is 0. The van der Waals surface area contributed by atoms with E-state index < -0.39 is 0 Å². The highest BCUT2D eigenvalue weighted by Crippen LogP contribution is 2.54. The Morgan fingerprint density at radius 1 is 0.209 bits per heavy atom. The van der Waals surface area contributed by atoms with E-state index in [9.17, 15) is 0 Å². The van der Waals surface area contributed by atoms with Crippen LogP contribution in [0, 0.1) is 0 Å². The quantitative estimate of drug-likeness (QED) is 0.155. The van der Waals surface area contributed by atoms with Crippen molar-refractivity contribution in [3.05, 3.63) is 303 Å². The molecular weight excluding hydrogens is 1040 g/mol. The molecule has 2 aromatic heterocycles. The van der Waals surface area contributed by atoms with E-state index in [4.69, 9.17) is 0 Å². The van der Waals surface area contributed by atoms with Crippen LogP contribution in [0.3, 0.4) is 0 Å². The maximum Gasteiger partial charge on any atom is 0.252 e. The summed E-state index contributed by atoms with van der Waals surface area (Å²) in [5, 5.41) is 4.86. The maximum atomic E-state index is 2.66. The van der Waals surface area contributed by atoms with Crippen molar-refractivity contribution in [2.45, 2.75) is 0 Å². The van der Waals surface area contributed by atoms with E-state index in [1.165, 1.54) is 99.5 Å². The number of para-hydroxylation sites is 10. The molecular formula is C78H50B2N6. The number of anilines is 12. The molecule has 0 bridgehead atoms. The number of nitrogens with zero attached hydrogens (tertiary/aromatic N) is 6. The van der Waals surface area contributed by atoms with Crippen LogP contribution in [0.4, 0.5) is 68.2 Å². The summed E-state index contributed by atoms with van der Waals surface area (Å²) in [6.07, 6.45) is 0. The van der Waals surface area contributed by atoms with Crippen molar-refractivity contribution in [3.63, 3.8) is 0 Å². The number of benzene rings is 13. The van der Waals surface area contributed by atoms with Gasteiger partial charge in [-0.25, -0.2) is 0 Å². The molecule has 8 heteroatoms. The van der Waals surface area contributed by atoms with Gasteiger partial charge in [0.05, 0.1) is 33.4 Å². The van der Waals surface area contributed by atoms with Gasteiger partial charge in [0.25, 0.3) is 13.4 Å². The fourth-order valence-corrected chi connectivity index (χ4v) is 15.5. The highest BCUT2D eigenvalue weighted by molar-refractivity contribution is 7.03. The summed E-state index contributed by atoms with van der Waals surface area (Å²) in [5.41, 5.74) is 28.4. The molecule has 6 nitrogen and oxygen atoms in total. The Morgan fingerprint density at radius 3 is 0.907 bits per heavy atom. The smallest absolute Gasteiger partial charge is 0.252 e. The van der Waals surface area contributed by atoms with Crippen LogP contribution in [-0.2, 0) is 0 Å². The summed E-state index contributed by atoms with van der Waals surface area (Å²) in [5.74, 6) is 0. The number of rotatable bonds is 6. The molecule has 0 amide bonds. The minimum atomic E-state index is -0.156. The van der Waals surface area contributed by atoms with Crippen LogP contribution in [0.2, 0.25) is 0 Å². The molecule has 15 aromatic rings. The number of hydrogen-bond donors (Lipinski definition) is 0. The number of fused-ring (bicyclic) bond motifs is 16. The Hall–Kier alpha value is -11.2. The van der Waals surface area contributed by atoms with Gasteiger partial charge in [0, 0.05) is 89.8 Å². The van der Waals surface area contributed by atoms with Crippen molar-refractivity contribution in [2.24, 2.45) is 0 Å². The molecule has 0 N–H and O–H groups in total. The lowest BCUT2D eigenvalue weighted by molar-refractivity contribution is 1.17. The van der Waals surface area contributed by atoms with Crippen molar-refractivity contribution in [2.75, 3.05) is 19.6 Å². The Morgan fingerprint density at radius 2 is 0.523 bits per heavy atom. The first-order valence-corrected chi connectivity index (χ1v) is 29.8. The lowest BCUT2D eigenvalue weighted by Gasteiger charge is -2.47. The molecule has 0 saturated carbocycles. The average molecular weight is 1090 g/mol. The molecule has 4 aliphatic heterocycles. The third-order valence-electron chi connectivity index (χ3n) is 18.8. The minimum Gasteiger partial charge on any atom is -0.311 e. The normalized spacial score (nSPS) is 13.4. The monoisotopic (exact) mass is 1090 g/mol. The van der Waals surface area contributed by atoms with Gasteiger partial charge in [-0.3, -0.25) is 0 Å². The van der Waals surface area contributed by atoms with Gasteiger partial charge < -0.3 is 28.7 Å². The molecule has 398 valence electrons. The van der Waals surface area contributed by atoms with Crippen LogP contribution >= 0.6 is 0 Å². The van der Waals surface area contributed by atoms with Crippen molar-refractivity contribution in [3.8, 4) is 11.4 Å². The molecule has 0 unspecified atom stereocenters.